The first-order chi connectivity index (χ1) is 19.7. The smallest absolute Gasteiger partial charge is 0.147 e. The number of aryl methyl sites for hydroxylation is 2. The Bertz CT molecular complexity index is 1900. The van der Waals surface area contributed by atoms with Gasteiger partial charge in [0.2, 0.25) is 0 Å². The Hall–Kier alpha value is -4.47. The van der Waals surface area contributed by atoms with Gasteiger partial charge in [-0.25, -0.2) is 4.98 Å². The lowest BCUT2D eigenvalue weighted by Crippen LogP contribution is -2.03. The van der Waals surface area contributed by atoms with E-state index in [1.54, 1.807) is 11.3 Å². The molecule has 0 amide bonds. The molecule has 0 fully saturated rings. The van der Waals surface area contributed by atoms with Crippen molar-refractivity contribution >= 4 is 32.5 Å². The molecule has 0 aliphatic carbocycles. The van der Waals surface area contributed by atoms with Gasteiger partial charge in [0.05, 0.1) is 16.7 Å². The molecular formula is C37H30N2S. The molecule has 2 heterocycles. The molecule has 0 atom stereocenters. The van der Waals surface area contributed by atoms with Gasteiger partial charge in [0, 0.05) is 32.2 Å². The lowest BCUT2D eigenvalue weighted by molar-refractivity contribution is 0.924. The van der Waals surface area contributed by atoms with Crippen molar-refractivity contribution in [2.75, 3.05) is 0 Å². The second-order valence-corrected chi connectivity index (χ2v) is 11.3. The molecule has 194 valence electrons. The second kappa shape index (κ2) is 10.3. The maximum absolute atomic E-state index is 5.32. The standard InChI is InChI=1S/C37H30N2S/c1-3-12-26-19-20-35-31(23-26)32(24-40-35)37-38-33-17-10-11-18-34(33)39(37)36-29(27-13-6-4-7-14-27)21-25(2)22-30(36)28-15-8-5-9-16-28/h4-11,13-24H,3,12H2,1-2H3. The van der Waals surface area contributed by atoms with Crippen LogP contribution in [0.5, 0.6) is 0 Å². The summed E-state index contributed by atoms with van der Waals surface area (Å²) in [5.41, 5.74) is 11.9. The number of aromatic nitrogens is 2. The lowest BCUT2D eigenvalue weighted by Gasteiger charge is -2.20. The van der Waals surface area contributed by atoms with Crippen LogP contribution in [0.2, 0.25) is 0 Å². The van der Waals surface area contributed by atoms with Crippen LogP contribution in [0.15, 0.2) is 121 Å². The van der Waals surface area contributed by atoms with Gasteiger partial charge in [-0.2, -0.15) is 0 Å². The molecule has 5 aromatic carbocycles. The average Bonchev–Trinajstić information content (AvgIpc) is 3.59. The SMILES string of the molecule is CCCc1ccc2scc(-c3nc4ccccc4n3-c3c(-c4ccccc4)cc(C)cc3-c3ccccc3)c2c1. The third kappa shape index (κ3) is 4.24. The Morgan fingerprint density at radius 1 is 0.700 bits per heavy atom. The van der Waals surface area contributed by atoms with Gasteiger partial charge >= 0.3 is 0 Å². The van der Waals surface area contributed by atoms with Gasteiger partial charge in [-0.3, -0.25) is 4.57 Å². The minimum atomic E-state index is 0.985. The fourth-order valence-electron chi connectivity index (χ4n) is 5.82. The van der Waals surface area contributed by atoms with E-state index >= 15 is 0 Å². The van der Waals surface area contributed by atoms with Gasteiger partial charge in [-0.15, -0.1) is 11.3 Å². The zero-order valence-electron chi connectivity index (χ0n) is 22.8. The Morgan fingerprint density at radius 2 is 1.35 bits per heavy atom. The Labute approximate surface area is 239 Å². The highest BCUT2D eigenvalue weighted by atomic mass is 32.1. The molecule has 0 aliphatic rings. The number of nitrogens with zero attached hydrogens (tertiary/aromatic N) is 2. The first-order valence-corrected chi connectivity index (χ1v) is 14.8. The van der Waals surface area contributed by atoms with Gasteiger partial charge in [0.25, 0.3) is 0 Å². The van der Waals surface area contributed by atoms with Crippen LogP contribution in [0.25, 0.3) is 60.4 Å². The van der Waals surface area contributed by atoms with Crippen molar-refractivity contribution in [3.63, 3.8) is 0 Å². The molecule has 3 heteroatoms. The molecule has 7 rings (SSSR count). The molecule has 2 nitrogen and oxygen atoms in total. The number of hydrogen-bond acceptors (Lipinski definition) is 2. The summed E-state index contributed by atoms with van der Waals surface area (Å²) in [5, 5.41) is 3.57. The monoisotopic (exact) mass is 534 g/mol. The zero-order chi connectivity index (χ0) is 27.1. The quantitative estimate of drug-likeness (QED) is 0.207. The van der Waals surface area contributed by atoms with E-state index in [1.165, 1.54) is 49.0 Å². The van der Waals surface area contributed by atoms with Crippen LogP contribution >= 0.6 is 11.3 Å². The summed E-state index contributed by atoms with van der Waals surface area (Å²) in [7, 11) is 0. The summed E-state index contributed by atoms with van der Waals surface area (Å²) in [6.07, 6.45) is 2.21. The van der Waals surface area contributed by atoms with Crippen molar-refractivity contribution in [2.45, 2.75) is 26.7 Å². The molecule has 0 bridgehead atoms. The van der Waals surface area contributed by atoms with Crippen molar-refractivity contribution < 1.29 is 0 Å². The zero-order valence-corrected chi connectivity index (χ0v) is 23.6. The predicted octanol–water partition coefficient (Wildman–Crippen LogP) is 10.5. The number of thiophene rings is 1. The number of hydrogen-bond donors (Lipinski definition) is 0. The fourth-order valence-corrected chi connectivity index (χ4v) is 6.74. The van der Waals surface area contributed by atoms with Crippen molar-refractivity contribution in [1.29, 1.82) is 0 Å². The minimum absolute atomic E-state index is 0.985. The average molecular weight is 535 g/mol. The number of benzene rings is 5. The summed E-state index contributed by atoms with van der Waals surface area (Å²) in [6.45, 7) is 4.43. The molecule has 40 heavy (non-hydrogen) atoms. The van der Waals surface area contributed by atoms with Crippen LogP contribution in [-0.2, 0) is 6.42 Å². The van der Waals surface area contributed by atoms with Crippen LogP contribution in [0, 0.1) is 6.92 Å². The van der Waals surface area contributed by atoms with E-state index in [9.17, 15) is 0 Å². The highest BCUT2D eigenvalue weighted by Gasteiger charge is 2.23. The fraction of sp³-hybridized carbons (Fsp3) is 0.108. The Morgan fingerprint density at radius 3 is 2.02 bits per heavy atom. The topological polar surface area (TPSA) is 17.8 Å². The number of para-hydroxylation sites is 2. The van der Waals surface area contributed by atoms with Crippen molar-refractivity contribution in [3.8, 4) is 39.3 Å². The molecule has 0 spiro atoms. The van der Waals surface area contributed by atoms with E-state index in [4.69, 9.17) is 4.98 Å². The normalized spacial score (nSPS) is 11.4. The van der Waals surface area contributed by atoms with Gasteiger partial charge in [-0.1, -0.05) is 92.2 Å². The van der Waals surface area contributed by atoms with Crippen molar-refractivity contribution in [3.05, 3.63) is 132 Å². The van der Waals surface area contributed by atoms with Crippen LogP contribution in [0.1, 0.15) is 24.5 Å². The number of imidazole rings is 1. The molecular weight excluding hydrogens is 504 g/mol. The summed E-state index contributed by atoms with van der Waals surface area (Å²) >= 11 is 1.80. The molecule has 0 unspecified atom stereocenters. The van der Waals surface area contributed by atoms with Crippen molar-refractivity contribution in [1.82, 2.24) is 9.55 Å². The summed E-state index contributed by atoms with van der Waals surface area (Å²) in [6, 6.07) is 41.6. The molecule has 0 saturated carbocycles. The van der Waals surface area contributed by atoms with E-state index in [2.05, 4.69) is 139 Å². The summed E-state index contributed by atoms with van der Waals surface area (Å²) in [4.78, 5) is 5.32. The molecule has 0 N–H and O–H groups in total. The summed E-state index contributed by atoms with van der Waals surface area (Å²) < 4.78 is 3.71. The van der Waals surface area contributed by atoms with Gasteiger partial charge in [0.15, 0.2) is 0 Å². The third-order valence-electron chi connectivity index (χ3n) is 7.63. The van der Waals surface area contributed by atoms with E-state index in [-0.39, 0.29) is 0 Å². The highest BCUT2D eigenvalue weighted by molar-refractivity contribution is 7.17. The van der Waals surface area contributed by atoms with Crippen LogP contribution in [0.3, 0.4) is 0 Å². The molecule has 0 saturated heterocycles. The lowest BCUT2D eigenvalue weighted by atomic mass is 9.93. The predicted molar refractivity (Wildman–Crippen MR) is 171 cm³/mol. The maximum Gasteiger partial charge on any atom is 0.147 e. The largest absolute Gasteiger partial charge is 0.291 e. The first kappa shape index (κ1) is 24.6. The van der Waals surface area contributed by atoms with Crippen molar-refractivity contribution in [2.24, 2.45) is 0 Å². The highest BCUT2D eigenvalue weighted by Crippen LogP contribution is 2.43. The third-order valence-corrected chi connectivity index (χ3v) is 8.59. The number of rotatable bonds is 6. The first-order valence-electron chi connectivity index (χ1n) is 13.9. The van der Waals surface area contributed by atoms with Crippen LogP contribution in [-0.4, -0.2) is 9.55 Å². The molecule has 0 aliphatic heterocycles. The Kier molecular flexibility index (Phi) is 6.30. The summed E-state index contributed by atoms with van der Waals surface area (Å²) in [5.74, 6) is 0.985. The minimum Gasteiger partial charge on any atom is -0.291 e. The second-order valence-electron chi connectivity index (χ2n) is 10.4. The molecule has 0 radical (unpaired) electrons. The van der Waals surface area contributed by atoms with Crippen LogP contribution < -0.4 is 0 Å². The molecule has 7 aromatic rings. The number of fused-ring (bicyclic) bond motifs is 2. The van der Waals surface area contributed by atoms with E-state index < -0.39 is 0 Å². The molecule has 2 aromatic heterocycles. The van der Waals surface area contributed by atoms with E-state index in [0.717, 1.165) is 35.4 Å². The van der Waals surface area contributed by atoms with Gasteiger partial charge in [0.1, 0.15) is 5.82 Å². The van der Waals surface area contributed by atoms with E-state index in [1.807, 2.05) is 0 Å². The van der Waals surface area contributed by atoms with E-state index in [0.29, 0.717) is 0 Å². The van der Waals surface area contributed by atoms with Gasteiger partial charge < -0.3 is 0 Å². The Balaban J connectivity index is 1.61. The maximum atomic E-state index is 5.32. The van der Waals surface area contributed by atoms with Gasteiger partial charge in [-0.05, 0) is 72.0 Å². The van der Waals surface area contributed by atoms with Crippen LogP contribution in [0.4, 0.5) is 0 Å².